The van der Waals surface area contributed by atoms with Crippen molar-refractivity contribution < 1.29 is 13.3 Å². The fourth-order valence-electron chi connectivity index (χ4n) is 2.69. The van der Waals surface area contributed by atoms with Crippen molar-refractivity contribution in [1.29, 1.82) is 0 Å². The predicted molar refractivity (Wildman–Crippen MR) is 112 cm³/mol. The van der Waals surface area contributed by atoms with Crippen molar-refractivity contribution in [2.45, 2.75) is 18.2 Å². The van der Waals surface area contributed by atoms with E-state index in [4.69, 9.17) is 0 Å². The number of nitrogens with zero attached hydrogens (tertiary/aromatic N) is 2. The zero-order chi connectivity index (χ0) is 20.9. The van der Waals surface area contributed by atoms with Crippen LogP contribution >= 0.6 is 0 Å². The number of anilines is 2. The highest BCUT2D eigenvalue weighted by Crippen LogP contribution is 2.28. The zero-order valence-electron chi connectivity index (χ0n) is 15.7. The SMILES string of the molecule is Cc1ccc(CCNc2ccc(S(=O)(=O)Nc3ccccc3)cc2[N+](=O)[O-])cn1. The summed E-state index contributed by atoms with van der Waals surface area (Å²) in [6.45, 7) is 2.34. The lowest BCUT2D eigenvalue weighted by Gasteiger charge is -2.11. The van der Waals surface area contributed by atoms with Crippen molar-refractivity contribution in [2.24, 2.45) is 0 Å². The number of hydrogen-bond donors (Lipinski definition) is 2. The highest BCUT2D eigenvalue weighted by molar-refractivity contribution is 7.92. The second-order valence-corrected chi connectivity index (χ2v) is 8.07. The third-order valence-electron chi connectivity index (χ3n) is 4.20. The Labute approximate surface area is 168 Å². The number of benzene rings is 2. The second-order valence-electron chi connectivity index (χ2n) is 6.39. The van der Waals surface area contributed by atoms with Gasteiger partial charge in [-0.05, 0) is 49.2 Å². The molecule has 0 aliphatic carbocycles. The average molecular weight is 412 g/mol. The fourth-order valence-corrected chi connectivity index (χ4v) is 3.77. The van der Waals surface area contributed by atoms with Crippen LogP contribution in [0.5, 0.6) is 0 Å². The maximum absolute atomic E-state index is 12.6. The number of sulfonamides is 1. The molecule has 1 aromatic heterocycles. The molecule has 0 fully saturated rings. The number of aromatic nitrogens is 1. The quantitative estimate of drug-likeness (QED) is 0.430. The number of pyridine rings is 1. The monoisotopic (exact) mass is 412 g/mol. The molecule has 0 radical (unpaired) electrons. The lowest BCUT2D eigenvalue weighted by molar-refractivity contribution is -0.384. The number of hydrogen-bond acceptors (Lipinski definition) is 6. The molecule has 0 atom stereocenters. The van der Waals surface area contributed by atoms with E-state index in [0.29, 0.717) is 18.7 Å². The Hall–Kier alpha value is -3.46. The molecule has 3 rings (SSSR count). The Kier molecular flexibility index (Phi) is 6.08. The van der Waals surface area contributed by atoms with E-state index in [-0.39, 0.29) is 16.3 Å². The van der Waals surface area contributed by atoms with Gasteiger partial charge in [0.2, 0.25) is 0 Å². The number of para-hydroxylation sites is 1. The molecule has 0 bridgehead atoms. The number of nitro benzene ring substituents is 1. The van der Waals surface area contributed by atoms with E-state index in [1.807, 2.05) is 19.1 Å². The van der Waals surface area contributed by atoms with Gasteiger partial charge in [0.15, 0.2) is 0 Å². The molecule has 3 aromatic rings. The average Bonchev–Trinajstić information content (AvgIpc) is 2.70. The Morgan fingerprint density at radius 3 is 2.48 bits per heavy atom. The third-order valence-corrected chi connectivity index (χ3v) is 5.58. The van der Waals surface area contributed by atoms with Crippen LogP contribution in [0.25, 0.3) is 0 Å². The standard InChI is InChI=1S/C20H20N4O4S/c1-15-7-8-16(14-22-15)11-12-21-19-10-9-18(13-20(19)24(25)26)29(27,28)23-17-5-3-2-4-6-17/h2-10,13-14,21,23H,11-12H2,1H3. The van der Waals surface area contributed by atoms with Gasteiger partial charge in [-0.1, -0.05) is 24.3 Å². The number of rotatable bonds is 8. The molecular weight excluding hydrogens is 392 g/mol. The van der Waals surface area contributed by atoms with E-state index in [1.165, 1.54) is 12.1 Å². The largest absolute Gasteiger partial charge is 0.379 e. The summed E-state index contributed by atoms with van der Waals surface area (Å²) in [5.41, 5.74) is 2.25. The van der Waals surface area contributed by atoms with Crippen LogP contribution < -0.4 is 10.0 Å². The second kappa shape index (κ2) is 8.70. The Morgan fingerprint density at radius 2 is 1.83 bits per heavy atom. The summed E-state index contributed by atoms with van der Waals surface area (Å²) in [4.78, 5) is 14.9. The molecule has 0 saturated carbocycles. The molecule has 29 heavy (non-hydrogen) atoms. The van der Waals surface area contributed by atoms with Gasteiger partial charge in [0.1, 0.15) is 5.69 Å². The van der Waals surface area contributed by atoms with E-state index in [9.17, 15) is 18.5 Å². The first-order valence-electron chi connectivity index (χ1n) is 8.87. The predicted octanol–water partition coefficient (Wildman–Crippen LogP) is 3.75. The smallest absolute Gasteiger partial charge is 0.293 e. The van der Waals surface area contributed by atoms with Gasteiger partial charge in [-0.25, -0.2) is 8.42 Å². The van der Waals surface area contributed by atoms with Crippen LogP contribution in [-0.2, 0) is 16.4 Å². The van der Waals surface area contributed by atoms with Gasteiger partial charge >= 0.3 is 0 Å². The van der Waals surface area contributed by atoms with Gasteiger partial charge in [0, 0.05) is 30.2 Å². The highest BCUT2D eigenvalue weighted by atomic mass is 32.2. The minimum Gasteiger partial charge on any atom is -0.379 e. The summed E-state index contributed by atoms with van der Waals surface area (Å²) in [6, 6.07) is 16.0. The van der Waals surface area contributed by atoms with Crippen LogP contribution in [0.1, 0.15) is 11.3 Å². The van der Waals surface area contributed by atoms with Gasteiger partial charge in [-0.2, -0.15) is 0 Å². The minimum absolute atomic E-state index is 0.179. The lowest BCUT2D eigenvalue weighted by atomic mass is 10.2. The molecule has 0 spiro atoms. The normalized spacial score (nSPS) is 11.1. The third kappa shape index (κ3) is 5.29. The molecule has 8 nitrogen and oxygen atoms in total. The molecule has 0 amide bonds. The van der Waals surface area contributed by atoms with Gasteiger partial charge in [0.25, 0.3) is 15.7 Å². The van der Waals surface area contributed by atoms with Crippen molar-refractivity contribution in [3.05, 3.63) is 88.2 Å². The Bertz CT molecular complexity index is 1100. The molecular formula is C20H20N4O4S. The first-order valence-corrected chi connectivity index (χ1v) is 10.4. The van der Waals surface area contributed by atoms with Crippen LogP contribution in [0.15, 0.2) is 71.8 Å². The number of aryl methyl sites for hydroxylation is 1. The summed E-state index contributed by atoms with van der Waals surface area (Å²) in [5.74, 6) is 0. The first-order chi connectivity index (χ1) is 13.8. The molecule has 150 valence electrons. The molecule has 0 aliphatic heterocycles. The van der Waals surface area contributed by atoms with Crippen molar-refractivity contribution in [2.75, 3.05) is 16.6 Å². The molecule has 2 N–H and O–H groups in total. The van der Waals surface area contributed by atoms with Crippen molar-refractivity contribution in [3.8, 4) is 0 Å². The number of nitrogens with one attached hydrogen (secondary N) is 2. The zero-order valence-corrected chi connectivity index (χ0v) is 16.5. The number of nitro groups is 1. The molecule has 9 heteroatoms. The lowest BCUT2D eigenvalue weighted by Crippen LogP contribution is -2.14. The van der Waals surface area contributed by atoms with E-state index in [0.717, 1.165) is 17.3 Å². The maximum atomic E-state index is 12.6. The molecule has 1 heterocycles. The Balaban J connectivity index is 1.76. The minimum atomic E-state index is -3.94. The van der Waals surface area contributed by atoms with Crippen molar-refractivity contribution in [3.63, 3.8) is 0 Å². The summed E-state index contributed by atoms with van der Waals surface area (Å²) in [5, 5.41) is 14.5. The van der Waals surface area contributed by atoms with Gasteiger partial charge in [-0.3, -0.25) is 19.8 Å². The van der Waals surface area contributed by atoms with Crippen LogP contribution in [0.2, 0.25) is 0 Å². The van der Waals surface area contributed by atoms with Crippen molar-refractivity contribution >= 4 is 27.1 Å². The maximum Gasteiger partial charge on any atom is 0.293 e. The molecule has 0 unspecified atom stereocenters. The van der Waals surface area contributed by atoms with Gasteiger partial charge < -0.3 is 5.32 Å². The van der Waals surface area contributed by atoms with E-state index >= 15 is 0 Å². The topological polar surface area (TPSA) is 114 Å². The van der Waals surface area contributed by atoms with Gasteiger partial charge in [0.05, 0.1) is 9.82 Å². The van der Waals surface area contributed by atoms with Crippen LogP contribution in [0.3, 0.4) is 0 Å². The van der Waals surface area contributed by atoms with Crippen molar-refractivity contribution in [1.82, 2.24) is 4.98 Å². The summed E-state index contributed by atoms with van der Waals surface area (Å²) < 4.78 is 27.5. The summed E-state index contributed by atoms with van der Waals surface area (Å²) in [6.07, 6.45) is 2.39. The molecule has 0 saturated heterocycles. The summed E-state index contributed by atoms with van der Waals surface area (Å²) in [7, 11) is -3.94. The highest BCUT2D eigenvalue weighted by Gasteiger charge is 2.21. The van der Waals surface area contributed by atoms with Crippen LogP contribution in [-0.4, -0.2) is 24.9 Å². The Morgan fingerprint density at radius 1 is 1.07 bits per heavy atom. The first kappa shape index (κ1) is 20.3. The van der Waals surface area contributed by atoms with Crippen LogP contribution in [0.4, 0.5) is 17.1 Å². The van der Waals surface area contributed by atoms with Crippen LogP contribution in [0, 0.1) is 17.0 Å². The molecule has 0 aliphatic rings. The van der Waals surface area contributed by atoms with Gasteiger partial charge in [-0.15, -0.1) is 0 Å². The van der Waals surface area contributed by atoms with E-state index < -0.39 is 14.9 Å². The fraction of sp³-hybridized carbons (Fsp3) is 0.150. The molecule has 2 aromatic carbocycles. The van der Waals surface area contributed by atoms with E-state index in [1.54, 1.807) is 36.5 Å². The van der Waals surface area contributed by atoms with E-state index in [2.05, 4.69) is 15.0 Å². The summed E-state index contributed by atoms with van der Waals surface area (Å²) >= 11 is 0.